The largest absolute Gasteiger partial charge is 0.355 e. The molecule has 0 aliphatic carbocycles. The van der Waals surface area contributed by atoms with Crippen LogP contribution in [0, 0.1) is 16.0 Å². The van der Waals surface area contributed by atoms with Crippen LogP contribution >= 0.6 is 0 Å². The standard InChI is InChI=1S/C18H21N7O2/c1-12-6-8-24(16-4-3-13(9-20-16)25(26)27)10-15(12)23(2)18-14-5-7-19-17(14)21-11-22-18/h3-5,7,9,11-12,15H,6,8,10H2,1-2H3,(H,19,21,22). The molecule has 0 aromatic carbocycles. The SMILES string of the molecule is CC1CCN(c2ccc([N+](=O)[O-])cn2)CC1N(C)c1ncnc2[nH]ccc12. The van der Waals surface area contributed by atoms with Crippen LogP contribution in [0.25, 0.3) is 11.0 Å². The number of H-pyrrole nitrogens is 1. The lowest BCUT2D eigenvalue weighted by Crippen LogP contribution is -2.51. The van der Waals surface area contributed by atoms with Gasteiger partial charge < -0.3 is 14.8 Å². The van der Waals surface area contributed by atoms with E-state index in [0.717, 1.165) is 42.2 Å². The van der Waals surface area contributed by atoms with Gasteiger partial charge in [0.2, 0.25) is 0 Å². The maximum atomic E-state index is 10.8. The van der Waals surface area contributed by atoms with Crippen LogP contribution in [0.3, 0.4) is 0 Å². The number of nitrogens with zero attached hydrogens (tertiary/aromatic N) is 6. The van der Waals surface area contributed by atoms with Crippen molar-refractivity contribution in [1.29, 1.82) is 0 Å². The van der Waals surface area contributed by atoms with Crippen LogP contribution in [0.5, 0.6) is 0 Å². The lowest BCUT2D eigenvalue weighted by Gasteiger charge is -2.42. The molecular formula is C18H21N7O2. The zero-order valence-corrected chi connectivity index (χ0v) is 15.2. The summed E-state index contributed by atoms with van der Waals surface area (Å²) in [5, 5.41) is 11.8. The Hall–Kier alpha value is -3.23. The van der Waals surface area contributed by atoms with Crippen LogP contribution in [-0.2, 0) is 0 Å². The number of anilines is 2. The summed E-state index contributed by atoms with van der Waals surface area (Å²) in [6.45, 7) is 3.90. The highest BCUT2D eigenvalue weighted by Crippen LogP contribution is 2.30. The van der Waals surface area contributed by atoms with Crippen molar-refractivity contribution in [2.75, 3.05) is 29.9 Å². The minimum Gasteiger partial charge on any atom is -0.355 e. The maximum Gasteiger partial charge on any atom is 0.287 e. The van der Waals surface area contributed by atoms with Crippen molar-refractivity contribution >= 4 is 28.4 Å². The third-order valence-corrected chi connectivity index (χ3v) is 5.35. The summed E-state index contributed by atoms with van der Waals surface area (Å²) in [5.41, 5.74) is 0.831. The molecule has 1 saturated heterocycles. The topological polar surface area (TPSA) is 104 Å². The molecule has 27 heavy (non-hydrogen) atoms. The second-order valence-electron chi connectivity index (χ2n) is 6.96. The lowest BCUT2D eigenvalue weighted by atomic mass is 9.92. The predicted molar refractivity (Wildman–Crippen MR) is 103 cm³/mol. The van der Waals surface area contributed by atoms with Crippen molar-refractivity contribution in [2.24, 2.45) is 5.92 Å². The molecule has 1 fully saturated rings. The Bertz CT molecular complexity index is 956. The number of aromatic nitrogens is 4. The number of hydrogen-bond donors (Lipinski definition) is 1. The fourth-order valence-corrected chi connectivity index (χ4v) is 3.73. The van der Waals surface area contributed by atoms with Crippen molar-refractivity contribution in [3.8, 4) is 0 Å². The van der Waals surface area contributed by atoms with E-state index in [1.807, 2.05) is 12.3 Å². The molecule has 1 aliphatic heterocycles. The van der Waals surface area contributed by atoms with E-state index in [1.54, 1.807) is 12.4 Å². The number of rotatable bonds is 4. The molecule has 0 radical (unpaired) electrons. The van der Waals surface area contributed by atoms with Gasteiger partial charge in [0.05, 0.1) is 16.4 Å². The van der Waals surface area contributed by atoms with Gasteiger partial charge in [0.1, 0.15) is 29.8 Å². The van der Waals surface area contributed by atoms with Gasteiger partial charge in [-0.25, -0.2) is 15.0 Å². The summed E-state index contributed by atoms with van der Waals surface area (Å²) in [6.07, 6.45) is 5.77. The van der Waals surface area contributed by atoms with Crippen LogP contribution in [0.1, 0.15) is 13.3 Å². The number of fused-ring (bicyclic) bond motifs is 1. The summed E-state index contributed by atoms with van der Waals surface area (Å²) in [5.74, 6) is 2.14. The number of aromatic amines is 1. The summed E-state index contributed by atoms with van der Waals surface area (Å²) in [4.78, 5) is 31.0. The molecule has 0 bridgehead atoms. The summed E-state index contributed by atoms with van der Waals surface area (Å²) in [7, 11) is 2.06. The van der Waals surface area contributed by atoms with E-state index >= 15 is 0 Å². The van der Waals surface area contributed by atoms with Crippen molar-refractivity contribution in [2.45, 2.75) is 19.4 Å². The average Bonchev–Trinajstić information content (AvgIpc) is 3.17. The summed E-state index contributed by atoms with van der Waals surface area (Å²) < 4.78 is 0. The molecule has 3 aromatic rings. The third-order valence-electron chi connectivity index (χ3n) is 5.35. The Morgan fingerprint density at radius 3 is 2.89 bits per heavy atom. The highest BCUT2D eigenvalue weighted by molar-refractivity contribution is 5.87. The van der Waals surface area contributed by atoms with E-state index in [2.05, 4.69) is 43.7 Å². The maximum absolute atomic E-state index is 10.8. The number of pyridine rings is 1. The predicted octanol–water partition coefficient (Wildman–Crippen LogP) is 2.61. The van der Waals surface area contributed by atoms with Crippen molar-refractivity contribution in [3.63, 3.8) is 0 Å². The normalized spacial score (nSPS) is 20.0. The quantitative estimate of drug-likeness (QED) is 0.558. The van der Waals surface area contributed by atoms with E-state index in [-0.39, 0.29) is 11.7 Å². The van der Waals surface area contributed by atoms with Gasteiger partial charge in [-0.15, -0.1) is 0 Å². The van der Waals surface area contributed by atoms with Gasteiger partial charge in [0.15, 0.2) is 0 Å². The van der Waals surface area contributed by atoms with Crippen LogP contribution in [0.2, 0.25) is 0 Å². The Labute approximate surface area is 156 Å². The number of nitro groups is 1. The third kappa shape index (κ3) is 3.16. The minimum atomic E-state index is -0.428. The molecule has 2 unspecified atom stereocenters. The minimum absolute atomic E-state index is 0.00799. The van der Waals surface area contributed by atoms with Crippen molar-refractivity contribution < 1.29 is 4.92 Å². The highest BCUT2D eigenvalue weighted by Gasteiger charge is 2.31. The molecule has 4 heterocycles. The van der Waals surface area contributed by atoms with Gasteiger partial charge in [-0.05, 0) is 24.5 Å². The molecule has 4 rings (SSSR count). The molecular weight excluding hydrogens is 346 g/mol. The molecule has 1 aliphatic rings. The van der Waals surface area contributed by atoms with Gasteiger partial charge in [-0.3, -0.25) is 10.1 Å². The molecule has 140 valence electrons. The van der Waals surface area contributed by atoms with Gasteiger partial charge in [0.25, 0.3) is 5.69 Å². The number of likely N-dealkylation sites (N-methyl/N-ethyl adjacent to an activating group) is 1. The molecule has 0 spiro atoms. The van der Waals surface area contributed by atoms with Crippen LogP contribution in [-0.4, -0.2) is 51.0 Å². The van der Waals surface area contributed by atoms with Crippen LogP contribution in [0.4, 0.5) is 17.3 Å². The number of hydrogen-bond acceptors (Lipinski definition) is 7. The molecule has 0 amide bonds. The monoisotopic (exact) mass is 367 g/mol. The molecule has 3 aromatic heterocycles. The smallest absolute Gasteiger partial charge is 0.287 e. The van der Waals surface area contributed by atoms with Crippen molar-refractivity contribution in [1.82, 2.24) is 19.9 Å². The molecule has 9 heteroatoms. The first-order valence-corrected chi connectivity index (χ1v) is 8.91. The lowest BCUT2D eigenvalue weighted by molar-refractivity contribution is -0.385. The first kappa shape index (κ1) is 17.2. The first-order chi connectivity index (χ1) is 13.0. The van der Waals surface area contributed by atoms with Gasteiger partial charge in [0, 0.05) is 32.4 Å². The van der Waals surface area contributed by atoms with E-state index in [1.165, 1.54) is 12.3 Å². The Kier molecular flexibility index (Phi) is 4.35. The second kappa shape index (κ2) is 6.82. The zero-order valence-electron chi connectivity index (χ0n) is 15.2. The number of nitrogens with one attached hydrogen (secondary N) is 1. The Morgan fingerprint density at radius 1 is 1.30 bits per heavy atom. The molecule has 0 saturated carbocycles. The number of piperidine rings is 1. The fraction of sp³-hybridized carbons (Fsp3) is 0.389. The van der Waals surface area contributed by atoms with Gasteiger partial charge in [-0.2, -0.15) is 0 Å². The van der Waals surface area contributed by atoms with Crippen molar-refractivity contribution in [3.05, 3.63) is 47.0 Å². The van der Waals surface area contributed by atoms with Gasteiger partial charge in [-0.1, -0.05) is 6.92 Å². The van der Waals surface area contributed by atoms with E-state index < -0.39 is 4.92 Å². The van der Waals surface area contributed by atoms with Crippen LogP contribution in [0.15, 0.2) is 36.9 Å². The highest BCUT2D eigenvalue weighted by atomic mass is 16.6. The second-order valence-corrected chi connectivity index (χ2v) is 6.96. The van der Waals surface area contributed by atoms with E-state index in [4.69, 9.17) is 0 Å². The summed E-state index contributed by atoms with van der Waals surface area (Å²) in [6, 6.07) is 5.46. The van der Waals surface area contributed by atoms with E-state index in [0.29, 0.717) is 5.92 Å². The van der Waals surface area contributed by atoms with Gasteiger partial charge >= 0.3 is 0 Å². The molecule has 9 nitrogen and oxygen atoms in total. The first-order valence-electron chi connectivity index (χ1n) is 8.91. The van der Waals surface area contributed by atoms with Crippen LogP contribution < -0.4 is 9.80 Å². The van der Waals surface area contributed by atoms with E-state index in [9.17, 15) is 10.1 Å². The molecule has 2 atom stereocenters. The molecule has 1 N–H and O–H groups in total. The summed E-state index contributed by atoms with van der Waals surface area (Å²) >= 11 is 0. The average molecular weight is 367 g/mol. The Balaban J connectivity index is 1.58. The fourth-order valence-electron chi connectivity index (χ4n) is 3.73. The Morgan fingerprint density at radius 2 is 2.15 bits per heavy atom. The zero-order chi connectivity index (χ0) is 19.0.